The van der Waals surface area contributed by atoms with E-state index >= 15 is 0 Å². The number of nitrogens with two attached hydrogens (primary N) is 10. The number of rotatable bonds is 14. The summed E-state index contributed by atoms with van der Waals surface area (Å²) in [6.45, 7) is 13.8. The van der Waals surface area contributed by atoms with Gasteiger partial charge in [0.05, 0.1) is 113 Å². The largest absolute Gasteiger partial charge is 0.398 e. The van der Waals surface area contributed by atoms with Crippen molar-refractivity contribution in [3.05, 3.63) is 139 Å². The van der Waals surface area contributed by atoms with E-state index in [2.05, 4.69) is 70.1 Å². The Bertz CT molecular complexity index is 6100. The van der Waals surface area contributed by atoms with Gasteiger partial charge in [0, 0.05) is 167 Å². The highest BCUT2D eigenvalue weighted by atomic mass is 35.5. The molecule has 0 bridgehead atoms. The van der Waals surface area contributed by atoms with Crippen LogP contribution in [-0.2, 0) is 45.6 Å². The normalized spacial score (nSPS) is 22.7. The Labute approximate surface area is 785 Å². The summed E-state index contributed by atoms with van der Waals surface area (Å²) in [5.74, 6) is 4.08. The van der Waals surface area contributed by atoms with Crippen LogP contribution >= 0.6 is 93.1 Å². The fourth-order valence-corrected chi connectivity index (χ4v) is 22.8. The van der Waals surface area contributed by atoms with E-state index in [1.807, 2.05) is 70.2 Å². The molecule has 0 amide bonds. The lowest BCUT2D eigenvalue weighted by Crippen LogP contribution is -2.51. The van der Waals surface area contributed by atoms with Gasteiger partial charge in [-0.05, 0) is 109 Å². The molecule has 12 aromatic rings. The molecule has 4 spiro atoms. The van der Waals surface area contributed by atoms with Crippen LogP contribution in [0.1, 0.15) is 102 Å². The van der Waals surface area contributed by atoms with E-state index in [4.69, 9.17) is 146 Å². The maximum atomic E-state index is 13.9. The second-order valence-electron chi connectivity index (χ2n) is 34.8. The summed E-state index contributed by atoms with van der Waals surface area (Å²) >= 11 is 40.7. The minimum absolute atomic E-state index is 0.00715. The highest BCUT2D eigenvalue weighted by Gasteiger charge is 2.52. The number of aromatic nitrogens is 14. The van der Waals surface area contributed by atoms with Gasteiger partial charge in [-0.1, -0.05) is 111 Å². The molecule has 8 aliphatic heterocycles. The first-order valence-corrected chi connectivity index (χ1v) is 46.7. The van der Waals surface area contributed by atoms with Gasteiger partial charge in [-0.15, -0.1) is 30.6 Å². The highest BCUT2D eigenvalue weighted by Crippen LogP contribution is 2.52. The SMILES string of the molecule is C[C@@H]1OCC2(CCN(c3cc(N)c(-c4cccc(Cl)c4Cl)c4nc(CF)nn34)CC2)[C@@H]1N.C[C@@H]1OCC2(CCN(c3cc(N)c(-c4ccnc(N)c4Cl)c4nnc(CF)n34)CC2)[C@@H]1N.C[C@@H]1OCC2(CCN(c3cc(N)c(Sc4cccc(Cl)c4Cl)c4nc(CF)nn34)CC2)[C@@H]1N.C[C@@H]1OCC2(CCN(c3cc(N)c(Sc4ccnc(N)c4Cl)c4nnc(CF)n34)CC2)[C@@H]1N. The number of piperidine rings is 4. The zero-order valence-corrected chi connectivity index (χ0v) is 77.9. The number of anilines is 10. The van der Waals surface area contributed by atoms with Crippen molar-refractivity contribution < 1.29 is 36.5 Å². The van der Waals surface area contributed by atoms with Crippen molar-refractivity contribution >= 4 is 173 Å². The molecule has 692 valence electrons. The quantitative estimate of drug-likeness (QED) is 0.0452. The molecular formula is C86H102Cl6F4N28O4S2. The molecule has 0 aliphatic carbocycles. The Morgan fingerprint density at radius 1 is 0.392 bits per heavy atom. The van der Waals surface area contributed by atoms with Gasteiger partial charge in [-0.2, -0.15) is 9.03 Å². The van der Waals surface area contributed by atoms with Crippen molar-refractivity contribution in [2.75, 3.05) is 133 Å². The third-order valence-corrected chi connectivity index (χ3v) is 32.6. The highest BCUT2D eigenvalue weighted by molar-refractivity contribution is 8.00. The second-order valence-corrected chi connectivity index (χ2v) is 39.3. The molecule has 20 N–H and O–H groups in total. The van der Waals surface area contributed by atoms with E-state index in [0.717, 1.165) is 132 Å². The summed E-state index contributed by atoms with van der Waals surface area (Å²) in [4.78, 5) is 28.3. The fraction of sp³-hybridized carbons (Fsp3) is 0.465. The van der Waals surface area contributed by atoms with E-state index in [1.165, 1.54) is 23.5 Å². The van der Waals surface area contributed by atoms with Crippen LogP contribution < -0.4 is 76.9 Å². The van der Waals surface area contributed by atoms with Crippen LogP contribution in [0, 0.1) is 21.7 Å². The van der Waals surface area contributed by atoms with Gasteiger partial charge in [0.1, 0.15) is 48.3 Å². The van der Waals surface area contributed by atoms with E-state index < -0.39 is 26.7 Å². The number of nitrogens with zero attached hydrogens (tertiary/aromatic N) is 18. The van der Waals surface area contributed by atoms with Crippen LogP contribution in [0.25, 0.3) is 44.8 Å². The molecule has 0 unspecified atom stereocenters. The zero-order valence-electron chi connectivity index (χ0n) is 71.7. The number of hydrogen-bond donors (Lipinski definition) is 10. The average molecular weight is 1940 g/mol. The standard InChI is InChI=1S/C22H25Cl2FN6OS.C22H25Cl2FN6O.C21H26ClFN8OS.C21H26ClFN8O/c1-12-20(27)22(11-32-12)5-7-30(8-6-22)17-9-14(26)19(21-28-16(10-25)29-31(17)21)33-15-4-2-3-13(23)18(15)24;1-12-20(27)22(11-32-12)5-7-30(8-6-22)17-9-15(26)18(13-3-2-4-14(23)19(13)24)21-28-16(10-25)29-31(17)21;1-11-18(25)21(10-32-11)3-6-30(7-4-21)15-8-12(24)17(20-29-28-14(9-23)31(15)20)33-13-2-5-27-19(26)16(13)22;1-11-18(25)21(10-32-11)3-6-30(7-4-21)15-8-13(24)16(12-2-5-27-19(26)17(12)22)20-29-28-14(9-23)31(15)20/h2-4,9,12,20H,5-8,10-11,26-27H2,1H3;2-4,9,12,20H,5-8,10-11,26-27H2,1H3;2,5,8,11,18H,3-4,6-7,9-10,24-25H2,1H3,(H2,26,27);2,5,8,11,18H,3-4,6-7,9-10,24-25H2,1H3,(H2,26,27)/t2*12-,20+;2*11-,18+/m0000/s1. The number of nitrogen functional groups attached to an aromatic ring is 6. The zero-order chi connectivity index (χ0) is 91.9. The van der Waals surface area contributed by atoms with E-state index in [9.17, 15) is 17.6 Å². The number of hydrogen-bond acceptors (Lipinski definition) is 30. The molecule has 32 nitrogen and oxygen atoms in total. The average Bonchev–Trinajstić information content (AvgIpc) is 1.54. The number of pyridine rings is 6. The van der Waals surface area contributed by atoms with Gasteiger partial charge in [0.2, 0.25) is 0 Å². The molecule has 8 aliphatic rings. The Hall–Kier alpha value is -8.94. The van der Waals surface area contributed by atoms with E-state index in [1.54, 1.807) is 60.6 Å². The minimum atomic E-state index is -0.781. The fourth-order valence-electron chi connectivity index (χ4n) is 19.6. The summed E-state index contributed by atoms with van der Waals surface area (Å²) in [6.07, 6.45) is 10.5. The van der Waals surface area contributed by atoms with Crippen LogP contribution in [-0.4, -0.2) is 196 Å². The lowest BCUT2D eigenvalue weighted by atomic mass is 9.73. The number of ether oxygens (including phenoxy) is 4. The molecule has 130 heavy (non-hydrogen) atoms. The Kier molecular flexibility index (Phi) is 26.8. The molecule has 2 aromatic carbocycles. The molecule has 8 saturated heterocycles. The van der Waals surface area contributed by atoms with Gasteiger partial charge in [-0.3, -0.25) is 8.80 Å². The first-order valence-electron chi connectivity index (χ1n) is 42.8. The van der Waals surface area contributed by atoms with Gasteiger partial charge in [0.15, 0.2) is 59.2 Å². The molecule has 0 saturated carbocycles. The molecular weight excluding hydrogens is 1840 g/mol. The van der Waals surface area contributed by atoms with Crippen molar-refractivity contribution in [3.63, 3.8) is 0 Å². The van der Waals surface area contributed by atoms with Crippen molar-refractivity contribution in [2.45, 2.75) is 174 Å². The lowest BCUT2D eigenvalue weighted by Gasteiger charge is -2.42. The maximum absolute atomic E-state index is 13.9. The Balaban J connectivity index is 0.000000121. The molecule has 10 aromatic heterocycles. The van der Waals surface area contributed by atoms with Crippen LogP contribution in [0.15, 0.2) is 105 Å². The Morgan fingerprint density at radius 2 is 0.746 bits per heavy atom. The number of benzene rings is 2. The van der Waals surface area contributed by atoms with Crippen molar-refractivity contribution in [1.29, 1.82) is 0 Å². The van der Waals surface area contributed by atoms with Crippen molar-refractivity contribution in [2.24, 2.45) is 44.6 Å². The summed E-state index contributed by atoms with van der Waals surface area (Å²) in [5.41, 5.74) is 69.6. The predicted octanol–water partition coefficient (Wildman–Crippen LogP) is 14.0. The Morgan fingerprint density at radius 3 is 1.19 bits per heavy atom. The molecule has 18 heterocycles. The summed E-state index contributed by atoms with van der Waals surface area (Å²) in [7, 11) is 0. The van der Waals surface area contributed by atoms with Crippen LogP contribution in [0.3, 0.4) is 0 Å². The first kappa shape index (κ1) is 92.9. The van der Waals surface area contributed by atoms with E-state index in [-0.39, 0.29) is 110 Å². The monoisotopic (exact) mass is 1940 g/mol. The predicted molar refractivity (Wildman–Crippen MR) is 504 cm³/mol. The second kappa shape index (κ2) is 37.5. The third kappa shape index (κ3) is 16.9. The van der Waals surface area contributed by atoms with Crippen molar-refractivity contribution in [3.8, 4) is 22.3 Å². The molecule has 8 atom stereocenters. The van der Waals surface area contributed by atoms with Gasteiger partial charge >= 0.3 is 0 Å². The van der Waals surface area contributed by atoms with Crippen LogP contribution in [0.5, 0.6) is 0 Å². The summed E-state index contributed by atoms with van der Waals surface area (Å²) in [6, 6.07) is 21.6. The van der Waals surface area contributed by atoms with E-state index in [0.29, 0.717) is 134 Å². The van der Waals surface area contributed by atoms with Gasteiger partial charge in [0.25, 0.3) is 0 Å². The maximum Gasteiger partial charge on any atom is 0.182 e. The summed E-state index contributed by atoms with van der Waals surface area (Å²) < 4.78 is 85.0. The molecule has 20 rings (SSSR count). The molecule has 8 fully saturated rings. The third-order valence-electron chi connectivity index (χ3n) is 27.6. The smallest absolute Gasteiger partial charge is 0.182 e. The molecule has 44 heteroatoms. The number of halogens is 10. The topological polar surface area (TPSA) is 457 Å². The van der Waals surface area contributed by atoms with Crippen LogP contribution in [0.4, 0.5) is 75.2 Å². The number of alkyl halides is 4. The lowest BCUT2D eigenvalue weighted by molar-refractivity contribution is 0.0973. The number of fused-ring (bicyclic) bond motifs is 4. The summed E-state index contributed by atoms with van der Waals surface area (Å²) in [5, 5.41) is 27.7. The van der Waals surface area contributed by atoms with Crippen molar-refractivity contribution in [1.82, 2.24) is 68.4 Å². The molecule has 0 radical (unpaired) electrons. The van der Waals surface area contributed by atoms with Gasteiger partial charge < -0.3 is 95.9 Å². The minimum Gasteiger partial charge on any atom is -0.398 e. The van der Waals surface area contributed by atoms with Crippen LogP contribution in [0.2, 0.25) is 30.1 Å². The van der Waals surface area contributed by atoms with Gasteiger partial charge in [-0.25, -0.2) is 37.5 Å². The first-order chi connectivity index (χ1) is 62.4.